The van der Waals surface area contributed by atoms with Gasteiger partial charge in [-0.15, -0.1) is 0 Å². The third-order valence-electron chi connectivity index (χ3n) is 9.67. The molecular formula is C39H36N2O4. The molecule has 1 amide bonds. The minimum atomic E-state index is -1.35. The number of Topliss-reactive ketones (excluding diaryl/α,β-unsaturated/α-hetero) is 2. The van der Waals surface area contributed by atoms with Crippen molar-refractivity contribution in [1.29, 1.82) is 0 Å². The Hall–Kier alpha value is -4.97. The number of amides is 1. The van der Waals surface area contributed by atoms with Gasteiger partial charge in [0, 0.05) is 28.1 Å². The molecule has 6 heteroatoms. The standard InChI is InChI=1S/C39H36N2O4/c1-23(2)20-25-16-18-26(19-17-25)36(42)34-35(37(43)27-10-9-11-28(22-27)45-4)41-32-15-8-5-12-29(32)24(3)21-33(41)39(34)30-13-6-7-14-31(30)40-38(39)44/h5-19,21-23,33-35H,20H2,1-4H3,(H,40,44)/t33-,34-,35+,39+/m1/s1. The summed E-state index contributed by atoms with van der Waals surface area (Å²) in [6.45, 7) is 6.36. The van der Waals surface area contributed by atoms with E-state index < -0.39 is 23.4 Å². The third kappa shape index (κ3) is 4.34. The van der Waals surface area contributed by atoms with E-state index in [0.717, 1.165) is 34.4 Å². The number of rotatable bonds is 7. The predicted molar refractivity (Wildman–Crippen MR) is 177 cm³/mol. The molecule has 1 spiro atoms. The highest BCUT2D eigenvalue weighted by Crippen LogP contribution is 2.58. The van der Waals surface area contributed by atoms with E-state index >= 15 is 4.79 Å². The minimum absolute atomic E-state index is 0.225. The van der Waals surface area contributed by atoms with Crippen molar-refractivity contribution < 1.29 is 19.1 Å². The molecule has 226 valence electrons. The molecule has 45 heavy (non-hydrogen) atoms. The van der Waals surface area contributed by atoms with Crippen molar-refractivity contribution in [2.45, 2.75) is 44.7 Å². The van der Waals surface area contributed by atoms with Crippen molar-refractivity contribution >= 4 is 34.4 Å². The first kappa shape index (κ1) is 28.8. The number of hydrogen-bond acceptors (Lipinski definition) is 5. The molecule has 0 radical (unpaired) electrons. The summed E-state index contributed by atoms with van der Waals surface area (Å²) < 4.78 is 5.48. The van der Waals surface area contributed by atoms with E-state index in [4.69, 9.17) is 4.74 Å². The molecule has 3 aliphatic heterocycles. The van der Waals surface area contributed by atoms with E-state index in [1.165, 1.54) is 0 Å². The van der Waals surface area contributed by atoms with Gasteiger partial charge in [0.25, 0.3) is 0 Å². The quantitative estimate of drug-likeness (QED) is 0.230. The largest absolute Gasteiger partial charge is 0.497 e. The third-order valence-corrected chi connectivity index (χ3v) is 9.67. The first-order valence-corrected chi connectivity index (χ1v) is 15.5. The van der Waals surface area contributed by atoms with Gasteiger partial charge in [-0.2, -0.15) is 0 Å². The zero-order valence-electron chi connectivity index (χ0n) is 25.9. The van der Waals surface area contributed by atoms with E-state index in [1.807, 2.05) is 84.6 Å². The van der Waals surface area contributed by atoms with Gasteiger partial charge in [-0.3, -0.25) is 14.4 Å². The molecular weight excluding hydrogens is 560 g/mol. The second-order valence-electron chi connectivity index (χ2n) is 12.8. The Morgan fingerprint density at radius 2 is 1.62 bits per heavy atom. The SMILES string of the molecule is COc1cccc(C(=O)[C@@H]2[C@H](C(=O)c3ccc(CC(C)C)cc3)[C@@]3(C(=O)Nc4ccccc43)[C@H]3C=C(C)c4ccccc4N23)c1. The molecule has 3 aliphatic rings. The fourth-order valence-corrected chi connectivity index (χ4v) is 7.79. The summed E-state index contributed by atoms with van der Waals surface area (Å²) in [5.41, 5.74) is 4.93. The molecule has 4 aromatic carbocycles. The van der Waals surface area contributed by atoms with Gasteiger partial charge in [0.2, 0.25) is 5.91 Å². The van der Waals surface area contributed by atoms with Crippen molar-refractivity contribution in [2.24, 2.45) is 11.8 Å². The zero-order chi connectivity index (χ0) is 31.5. The van der Waals surface area contributed by atoms with Crippen molar-refractivity contribution in [2.75, 3.05) is 17.3 Å². The van der Waals surface area contributed by atoms with Crippen molar-refractivity contribution in [3.8, 4) is 5.75 Å². The van der Waals surface area contributed by atoms with Crippen LogP contribution in [-0.4, -0.2) is 36.7 Å². The monoisotopic (exact) mass is 596 g/mol. The lowest BCUT2D eigenvalue weighted by Crippen LogP contribution is -2.51. The number of ketones is 2. The molecule has 7 rings (SSSR count). The van der Waals surface area contributed by atoms with Crippen molar-refractivity contribution in [3.05, 3.63) is 131 Å². The van der Waals surface area contributed by atoms with Crippen molar-refractivity contribution in [1.82, 2.24) is 0 Å². The number of ether oxygens (including phenoxy) is 1. The van der Waals surface area contributed by atoms with Gasteiger partial charge in [0.1, 0.15) is 17.2 Å². The second-order valence-corrected chi connectivity index (χ2v) is 12.8. The maximum Gasteiger partial charge on any atom is 0.238 e. The Kier molecular flexibility index (Phi) is 6.96. The number of methoxy groups -OCH3 is 1. The van der Waals surface area contributed by atoms with Crippen LogP contribution in [0.25, 0.3) is 5.57 Å². The van der Waals surface area contributed by atoms with E-state index in [2.05, 4.69) is 25.2 Å². The zero-order valence-corrected chi connectivity index (χ0v) is 25.9. The van der Waals surface area contributed by atoms with Crippen LogP contribution in [0.2, 0.25) is 0 Å². The molecule has 0 aliphatic carbocycles. The predicted octanol–water partition coefficient (Wildman–Crippen LogP) is 7.14. The average molecular weight is 597 g/mol. The summed E-state index contributed by atoms with van der Waals surface area (Å²) in [6, 6.07) is 28.7. The van der Waals surface area contributed by atoms with Crippen LogP contribution in [0.3, 0.4) is 0 Å². The fourth-order valence-electron chi connectivity index (χ4n) is 7.79. The van der Waals surface area contributed by atoms with Gasteiger partial charge in [0.15, 0.2) is 11.6 Å². The molecule has 0 aromatic heterocycles. The maximum absolute atomic E-state index is 15.1. The summed E-state index contributed by atoms with van der Waals surface area (Å²) in [5, 5.41) is 3.11. The lowest BCUT2D eigenvalue weighted by Gasteiger charge is -2.39. The number of benzene rings is 4. The number of nitrogens with zero attached hydrogens (tertiary/aromatic N) is 1. The molecule has 0 unspecified atom stereocenters. The average Bonchev–Trinajstić information content (AvgIpc) is 3.52. The Bertz CT molecular complexity index is 1870. The number of fused-ring (bicyclic) bond motifs is 6. The summed E-state index contributed by atoms with van der Waals surface area (Å²) in [7, 11) is 1.56. The molecule has 6 nitrogen and oxygen atoms in total. The Balaban J connectivity index is 1.50. The van der Waals surface area contributed by atoms with Crippen molar-refractivity contribution in [3.63, 3.8) is 0 Å². The number of anilines is 2. The summed E-state index contributed by atoms with van der Waals surface area (Å²) in [6.07, 6.45) is 2.97. The van der Waals surface area contributed by atoms with Crippen LogP contribution in [0, 0.1) is 11.8 Å². The molecule has 0 saturated carbocycles. The highest BCUT2D eigenvalue weighted by Gasteiger charge is 2.70. The number of nitrogens with one attached hydrogen (secondary N) is 1. The van der Waals surface area contributed by atoms with Crippen LogP contribution in [0.4, 0.5) is 11.4 Å². The van der Waals surface area contributed by atoms with Crippen LogP contribution in [0.5, 0.6) is 5.75 Å². The van der Waals surface area contributed by atoms with E-state index in [-0.39, 0.29) is 17.5 Å². The molecule has 1 fully saturated rings. The van der Waals surface area contributed by atoms with Gasteiger partial charge >= 0.3 is 0 Å². The fraction of sp³-hybridized carbons (Fsp3) is 0.256. The van der Waals surface area contributed by atoms with E-state index in [0.29, 0.717) is 28.5 Å². The number of carbonyl (C=O) groups is 3. The topological polar surface area (TPSA) is 75.7 Å². The Morgan fingerprint density at radius 1 is 0.889 bits per heavy atom. The highest BCUT2D eigenvalue weighted by molar-refractivity contribution is 6.18. The molecule has 3 heterocycles. The number of allylic oxidation sites excluding steroid dienone is 1. The number of hydrogen-bond donors (Lipinski definition) is 1. The van der Waals surface area contributed by atoms with E-state index in [1.54, 1.807) is 31.4 Å². The lowest BCUT2D eigenvalue weighted by atomic mass is 9.64. The van der Waals surface area contributed by atoms with Gasteiger partial charge in [-0.1, -0.05) is 92.7 Å². The van der Waals surface area contributed by atoms with Gasteiger partial charge in [-0.05, 0) is 60.2 Å². The van der Waals surface area contributed by atoms with Crippen LogP contribution in [0.1, 0.15) is 58.2 Å². The second kappa shape index (κ2) is 10.9. The van der Waals surface area contributed by atoms with Crippen LogP contribution in [0.15, 0.2) is 103 Å². The first-order valence-electron chi connectivity index (χ1n) is 15.5. The minimum Gasteiger partial charge on any atom is -0.497 e. The maximum atomic E-state index is 15.1. The summed E-state index contributed by atoms with van der Waals surface area (Å²) >= 11 is 0. The van der Waals surface area contributed by atoms with Crippen LogP contribution >= 0.6 is 0 Å². The highest BCUT2D eigenvalue weighted by atomic mass is 16.5. The number of carbonyl (C=O) groups excluding carboxylic acids is 3. The van der Waals surface area contributed by atoms with Gasteiger partial charge in [0.05, 0.1) is 19.1 Å². The Labute approximate surface area is 263 Å². The summed E-state index contributed by atoms with van der Waals surface area (Å²) in [5.74, 6) is -0.719. The molecule has 1 saturated heterocycles. The van der Waals surface area contributed by atoms with Crippen LogP contribution in [-0.2, 0) is 16.6 Å². The smallest absolute Gasteiger partial charge is 0.238 e. The molecule has 0 bridgehead atoms. The molecule has 4 atom stereocenters. The molecule has 1 N–H and O–H groups in total. The molecule has 4 aromatic rings. The normalized spacial score (nSPS) is 22.9. The van der Waals surface area contributed by atoms with E-state index in [9.17, 15) is 9.59 Å². The summed E-state index contributed by atoms with van der Waals surface area (Å²) in [4.78, 5) is 46.7. The van der Waals surface area contributed by atoms with Gasteiger partial charge in [-0.25, -0.2) is 0 Å². The Morgan fingerprint density at radius 3 is 2.38 bits per heavy atom. The number of para-hydroxylation sites is 2. The lowest BCUT2D eigenvalue weighted by molar-refractivity contribution is -0.121. The van der Waals surface area contributed by atoms with Gasteiger partial charge < -0.3 is 15.0 Å². The first-order chi connectivity index (χ1) is 21.7. The van der Waals surface area contributed by atoms with Crippen LogP contribution < -0.4 is 15.0 Å².